The van der Waals surface area contributed by atoms with Crippen molar-refractivity contribution in [2.24, 2.45) is 5.92 Å². The topological polar surface area (TPSA) is 27.0 Å². The summed E-state index contributed by atoms with van der Waals surface area (Å²) in [5, 5.41) is 11.5. The first-order chi connectivity index (χ1) is 9.20. The number of hydrogen-bond donors (Lipinski definition) is 0. The molecule has 0 aromatic heterocycles. The van der Waals surface area contributed by atoms with E-state index in [4.69, 9.17) is 0 Å². The van der Waals surface area contributed by atoms with Gasteiger partial charge < -0.3 is 4.90 Å². The molecule has 1 aliphatic heterocycles. The largest absolute Gasteiger partial charge is 0.368 e. The van der Waals surface area contributed by atoms with Gasteiger partial charge in [0.2, 0.25) is 0 Å². The lowest BCUT2D eigenvalue weighted by atomic mass is 10.0. The molecule has 0 amide bonds. The quantitative estimate of drug-likeness (QED) is 0.766. The van der Waals surface area contributed by atoms with Crippen molar-refractivity contribution >= 4 is 16.5 Å². The zero-order valence-electron chi connectivity index (χ0n) is 11.4. The monoisotopic (exact) mass is 250 g/mol. The Labute approximate surface area is 114 Å². The Balaban J connectivity index is 2.18. The van der Waals surface area contributed by atoms with Gasteiger partial charge in [0, 0.05) is 29.0 Å². The molecule has 19 heavy (non-hydrogen) atoms. The summed E-state index contributed by atoms with van der Waals surface area (Å²) in [6.07, 6.45) is 1.24. The van der Waals surface area contributed by atoms with Gasteiger partial charge >= 0.3 is 0 Å². The molecule has 0 saturated carbocycles. The summed E-state index contributed by atoms with van der Waals surface area (Å²) >= 11 is 0. The van der Waals surface area contributed by atoms with Gasteiger partial charge in [0.1, 0.15) is 0 Å². The fourth-order valence-corrected chi connectivity index (χ4v) is 3.27. The normalized spacial score (nSPS) is 22.7. The second-order valence-electron chi connectivity index (χ2n) is 5.63. The minimum Gasteiger partial charge on any atom is -0.368 e. The molecule has 96 valence electrons. The number of nitrogens with zero attached hydrogens (tertiary/aromatic N) is 2. The smallest absolute Gasteiger partial charge is 0.0998 e. The second-order valence-corrected chi connectivity index (χ2v) is 5.63. The molecule has 3 rings (SSSR count). The first-order valence-electron chi connectivity index (χ1n) is 6.89. The summed E-state index contributed by atoms with van der Waals surface area (Å²) in [7, 11) is 0. The number of nitriles is 1. The van der Waals surface area contributed by atoms with Gasteiger partial charge in [0.15, 0.2) is 0 Å². The summed E-state index contributed by atoms with van der Waals surface area (Å²) in [5.74, 6) is 0.740. The zero-order chi connectivity index (χ0) is 13.4. The van der Waals surface area contributed by atoms with E-state index in [1.54, 1.807) is 0 Å². The predicted molar refractivity (Wildman–Crippen MR) is 79.3 cm³/mol. The lowest BCUT2D eigenvalue weighted by molar-refractivity contribution is 0.625. The molecule has 1 aliphatic rings. The SMILES string of the molecule is CC1CC(C)N(c2ccc(C#N)c3ccccc23)C1. The van der Waals surface area contributed by atoms with Crippen LogP contribution in [0.3, 0.4) is 0 Å². The van der Waals surface area contributed by atoms with E-state index >= 15 is 0 Å². The number of anilines is 1. The van der Waals surface area contributed by atoms with E-state index in [-0.39, 0.29) is 0 Å². The molecule has 1 saturated heterocycles. The van der Waals surface area contributed by atoms with E-state index in [0.29, 0.717) is 6.04 Å². The van der Waals surface area contributed by atoms with Crippen LogP contribution in [0, 0.1) is 17.2 Å². The van der Waals surface area contributed by atoms with Gasteiger partial charge in [-0.1, -0.05) is 31.2 Å². The molecule has 0 aliphatic carbocycles. The minimum absolute atomic E-state index is 0.575. The summed E-state index contributed by atoms with van der Waals surface area (Å²) in [6, 6.07) is 15.1. The summed E-state index contributed by atoms with van der Waals surface area (Å²) in [5.41, 5.74) is 2.03. The zero-order valence-corrected chi connectivity index (χ0v) is 11.4. The molecule has 2 heteroatoms. The Bertz CT molecular complexity index is 654. The van der Waals surface area contributed by atoms with E-state index < -0.39 is 0 Å². The molecule has 0 radical (unpaired) electrons. The van der Waals surface area contributed by atoms with Crippen LogP contribution in [0.25, 0.3) is 10.8 Å². The third-order valence-electron chi connectivity index (χ3n) is 4.11. The van der Waals surface area contributed by atoms with E-state index in [2.05, 4.69) is 43.0 Å². The third kappa shape index (κ3) is 1.96. The van der Waals surface area contributed by atoms with Crippen LogP contribution < -0.4 is 4.90 Å². The van der Waals surface area contributed by atoms with E-state index in [0.717, 1.165) is 23.4 Å². The fourth-order valence-electron chi connectivity index (χ4n) is 3.27. The molecule has 1 heterocycles. The highest BCUT2D eigenvalue weighted by atomic mass is 15.2. The fraction of sp³-hybridized carbons (Fsp3) is 0.353. The van der Waals surface area contributed by atoms with Gasteiger partial charge in [-0.25, -0.2) is 0 Å². The van der Waals surface area contributed by atoms with Crippen molar-refractivity contribution in [2.75, 3.05) is 11.4 Å². The lowest BCUT2D eigenvalue weighted by Crippen LogP contribution is -2.26. The first-order valence-corrected chi connectivity index (χ1v) is 6.89. The Hall–Kier alpha value is -2.01. The second kappa shape index (κ2) is 4.59. The van der Waals surface area contributed by atoms with Crippen LogP contribution >= 0.6 is 0 Å². The highest BCUT2D eigenvalue weighted by Crippen LogP contribution is 2.35. The molecule has 2 unspecified atom stereocenters. The molecule has 2 aromatic carbocycles. The van der Waals surface area contributed by atoms with E-state index in [1.807, 2.05) is 18.2 Å². The lowest BCUT2D eigenvalue weighted by Gasteiger charge is -2.25. The average Bonchev–Trinajstić information content (AvgIpc) is 2.76. The van der Waals surface area contributed by atoms with Gasteiger partial charge in [-0.05, 0) is 31.4 Å². The van der Waals surface area contributed by atoms with Crippen LogP contribution in [0.15, 0.2) is 36.4 Å². The van der Waals surface area contributed by atoms with Gasteiger partial charge in [0.05, 0.1) is 11.6 Å². The van der Waals surface area contributed by atoms with Crippen LogP contribution in [0.4, 0.5) is 5.69 Å². The van der Waals surface area contributed by atoms with Crippen LogP contribution in [0.5, 0.6) is 0 Å². The maximum atomic E-state index is 9.22. The maximum Gasteiger partial charge on any atom is 0.0998 e. The predicted octanol–water partition coefficient (Wildman–Crippen LogP) is 3.95. The van der Waals surface area contributed by atoms with Crippen LogP contribution in [-0.2, 0) is 0 Å². The van der Waals surface area contributed by atoms with Crippen LogP contribution in [-0.4, -0.2) is 12.6 Å². The van der Waals surface area contributed by atoms with Crippen LogP contribution in [0.1, 0.15) is 25.8 Å². The van der Waals surface area contributed by atoms with Crippen molar-refractivity contribution in [3.05, 3.63) is 42.0 Å². The molecule has 2 atom stereocenters. The average molecular weight is 250 g/mol. The third-order valence-corrected chi connectivity index (χ3v) is 4.11. The van der Waals surface area contributed by atoms with Crippen LogP contribution in [0.2, 0.25) is 0 Å². The van der Waals surface area contributed by atoms with Crippen molar-refractivity contribution in [1.29, 1.82) is 5.26 Å². The first kappa shape index (κ1) is 12.0. The maximum absolute atomic E-state index is 9.22. The minimum atomic E-state index is 0.575. The molecular formula is C17H18N2. The Morgan fingerprint density at radius 3 is 2.47 bits per heavy atom. The van der Waals surface area contributed by atoms with Crippen molar-refractivity contribution in [2.45, 2.75) is 26.3 Å². The molecule has 2 aromatic rings. The molecular weight excluding hydrogens is 232 g/mol. The molecule has 0 bridgehead atoms. The number of hydrogen-bond acceptors (Lipinski definition) is 2. The van der Waals surface area contributed by atoms with Gasteiger partial charge in [-0.15, -0.1) is 0 Å². The highest BCUT2D eigenvalue weighted by Gasteiger charge is 2.27. The Kier molecular flexibility index (Phi) is 2.91. The summed E-state index contributed by atoms with van der Waals surface area (Å²) in [4.78, 5) is 2.48. The van der Waals surface area contributed by atoms with Gasteiger partial charge in [0.25, 0.3) is 0 Å². The van der Waals surface area contributed by atoms with Crippen molar-refractivity contribution < 1.29 is 0 Å². The van der Waals surface area contributed by atoms with Crippen molar-refractivity contribution in [3.8, 4) is 6.07 Å². The Morgan fingerprint density at radius 1 is 1.11 bits per heavy atom. The Morgan fingerprint density at radius 2 is 1.84 bits per heavy atom. The standard InChI is InChI=1S/C17H18N2/c1-12-9-13(2)19(11-12)17-8-7-14(10-18)15-5-3-4-6-16(15)17/h3-8,12-13H,9,11H2,1-2H3. The van der Waals surface area contributed by atoms with Gasteiger partial charge in [-0.2, -0.15) is 5.26 Å². The number of fused-ring (bicyclic) bond motifs is 1. The van der Waals surface area contributed by atoms with Crippen molar-refractivity contribution in [1.82, 2.24) is 0 Å². The van der Waals surface area contributed by atoms with Gasteiger partial charge in [-0.3, -0.25) is 0 Å². The highest BCUT2D eigenvalue weighted by molar-refractivity contribution is 5.98. The number of rotatable bonds is 1. The number of benzene rings is 2. The van der Waals surface area contributed by atoms with E-state index in [1.165, 1.54) is 17.5 Å². The molecule has 1 fully saturated rings. The van der Waals surface area contributed by atoms with E-state index in [9.17, 15) is 5.26 Å². The summed E-state index contributed by atoms with van der Waals surface area (Å²) in [6.45, 7) is 5.70. The molecule has 0 N–H and O–H groups in total. The molecule has 2 nitrogen and oxygen atoms in total. The van der Waals surface area contributed by atoms with Crippen molar-refractivity contribution in [3.63, 3.8) is 0 Å². The molecule has 0 spiro atoms. The summed E-state index contributed by atoms with van der Waals surface area (Å²) < 4.78 is 0.